The van der Waals surface area contributed by atoms with Crippen molar-refractivity contribution in [2.24, 2.45) is 0 Å². The third-order valence-corrected chi connectivity index (χ3v) is 2.81. The van der Waals surface area contributed by atoms with Crippen LogP contribution >= 0.6 is 22.6 Å². The average Bonchev–Trinajstić information content (AvgIpc) is 2.50. The largest absolute Gasteiger partial charge is 0.383 e. The van der Waals surface area contributed by atoms with Crippen LogP contribution in [0, 0.1) is 10.5 Å². The summed E-state index contributed by atoms with van der Waals surface area (Å²) in [6.45, 7) is 2.44. The van der Waals surface area contributed by atoms with Crippen molar-refractivity contribution in [1.82, 2.24) is 19.7 Å². The Hall–Kier alpha value is -1.18. The quantitative estimate of drug-likeness (QED) is 0.846. The molecule has 0 spiro atoms. The van der Waals surface area contributed by atoms with Crippen molar-refractivity contribution in [3.05, 3.63) is 33.5 Å². The van der Waals surface area contributed by atoms with E-state index in [9.17, 15) is 0 Å². The second-order valence-corrected chi connectivity index (χ2v) is 4.29. The van der Waals surface area contributed by atoms with Crippen LogP contribution < -0.4 is 5.73 Å². The summed E-state index contributed by atoms with van der Waals surface area (Å²) in [7, 11) is 0. The monoisotopic (exact) mass is 315 g/mol. The van der Waals surface area contributed by atoms with Crippen molar-refractivity contribution in [2.75, 3.05) is 5.73 Å². The van der Waals surface area contributed by atoms with Crippen LogP contribution in [-0.4, -0.2) is 19.7 Å². The van der Waals surface area contributed by atoms with E-state index < -0.39 is 0 Å². The smallest absolute Gasteiger partial charge is 0.135 e. The number of anilines is 1. The van der Waals surface area contributed by atoms with Crippen molar-refractivity contribution in [2.45, 2.75) is 13.5 Å². The SMILES string of the molecule is Cc1nccc(Cn2ncc(I)c2N)n1. The lowest BCUT2D eigenvalue weighted by atomic mass is 10.4. The summed E-state index contributed by atoms with van der Waals surface area (Å²) < 4.78 is 2.68. The second-order valence-electron chi connectivity index (χ2n) is 3.13. The Morgan fingerprint density at radius 2 is 2.33 bits per heavy atom. The molecule has 2 heterocycles. The van der Waals surface area contributed by atoms with Crippen molar-refractivity contribution in [3.63, 3.8) is 0 Å². The Morgan fingerprint density at radius 1 is 1.53 bits per heavy atom. The Morgan fingerprint density at radius 3 is 2.93 bits per heavy atom. The molecule has 0 aliphatic heterocycles. The predicted molar refractivity (Wildman–Crippen MR) is 65.2 cm³/mol. The molecule has 0 atom stereocenters. The highest BCUT2D eigenvalue weighted by atomic mass is 127. The van der Waals surface area contributed by atoms with E-state index in [0.29, 0.717) is 12.4 Å². The fraction of sp³-hybridized carbons (Fsp3) is 0.222. The van der Waals surface area contributed by atoms with Gasteiger partial charge in [0.05, 0.1) is 22.0 Å². The zero-order valence-electron chi connectivity index (χ0n) is 8.18. The standard InChI is InChI=1S/C9H10IN5/c1-6-12-3-2-7(14-6)5-15-9(11)8(10)4-13-15/h2-4H,5,11H2,1H3. The molecule has 0 unspecified atom stereocenters. The normalized spacial score (nSPS) is 10.5. The van der Waals surface area contributed by atoms with Crippen molar-refractivity contribution < 1.29 is 0 Å². The van der Waals surface area contributed by atoms with Crippen molar-refractivity contribution >= 4 is 28.4 Å². The van der Waals surface area contributed by atoms with Gasteiger partial charge in [-0.2, -0.15) is 5.10 Å². The molecule has 0 saturated heterocycles. The van der Waals surface area contributed by atoms with Gasteiger partial charge in [-0.1, -0.05) is 0 Å². The van der Waals surface area contributed by atoms with E-state index in [1.54, 1.807) is 17.1 Å². The third kappa shape index (κ3) is 2.25. The maximum atomic E-state index is 5.84. The first-order valence-corrected chi connectivity index (χ1v) is 5.50. The number of nitrogen functional groups attached to an aromatic ring is 1. The molecule has 0 aromatic carbocycles. The number of hydrogen-bond donors (Lipinski definition) is 1. The third-order valence-electron chi connectivity index (χ3n) is 1.98. The molecule has 6 heteroatoms. The Kier molecular flexibility index (Phi) is 2.85. The number of aryl methyl sites for hydroxylation is 1. The van der Waals surface area contributed by atoms with Gasteiger partial charge in [-0.25, -0.2) is 14.6 Å². The van der Waals surface area contributed by atoms with Gasteiger partial charge in [0, 0.05) is 6.20 Å². The average molecular weight is 315 g/mol. The molecule has 0 amide bonds. The molecule has 2 aromatic rings. The van der Waals surface area contributed by atoms with Crippen LogP contribution in [0.2, 0.25) is 0 Å². The topological polar surface area (TPSA) is 69.6 Å². The Labute approximate surface area is 101 Å². The van der Waals surface area contributed by atoms with Gasteiger partial charge in [0.25, 0.3) is 0 Å². The fourth-order valence-electron chi connectivity index (χ4n) is 1.24. The number of rotatable bonds is 2. The van der Waals surface area contributed by atoms with Gasteiger partial charge in [0.1, 0.15) is 11.6 Å². The summed E-state index contributed by atoms with van der Waals surface area (Å²) in [5, 5.41) is 4.16. The minimum atomic E-state index is 0.582. The molecule has 5 nitrogen and oxygen atoms in total. The van der Waals surface area contributed by atoms with Gasteiger partial charge in [0.2, 0.25) is 0 Å². The van der Waals surface area contributed by atoms with E-state index in [-0.39, 0.29) is 0 Å². The lowest BCUT2D eigenvalue weighted by Gasteiger charge is -2.03. The molecule has 2 rings (SSSR count). The maximum absolute atomic E-state index is 5.84. The molecule has 0 fully saturated rings. The Bertz CT molecular complexity index is 479. The minimum Gasteiger partial charge on any atom is -0.383 e. The molecule has 2 N–H and O–H groups in total. The van der Waals surface area contributed by atoms with Gasteiger partial charge >= 0.3 is 0 Å². The van der Waals surface area contributed by atoms with Crippen LogP contribution in [-0.2, 0) is 6.54 Å². The lowest BCUT2D eigenvalue weighted by molar-refractivity contribution is 0.677. The van der Waals surface area contributed by atoms with E-state index in [1.807, 2.05) is 13.0 Å². The molecular formula is C9H10IN5. The summed E-state index contributed by atoms with van der Waals surface area (Å²) in [6.07, 6.45) is 3.48. The molecule has 15 heavy (non-hydrogen) atoms. The molecule has 0 radical (unpaired) electrons. The Balaban J connectivity index is 2.26. The van der Waals surface area contributed by atoms with Crippen LogP contribution in [0.5, 0.6) is 0 Å². The van der Waals surface area contributed by atoms with Gasteiger partial charge in [0.15, 0.2) is 0 Å². The number of halogens is 1. The van der Waals surface area contributed by atoms with Crippen LogP contribution in [0.15, 0.2) is 18.5 Å². The van der Waals surface area contributed by atoms with Crippen molar-refractivity contribution in [3.8, 4) is 0 Å². The second kappa shape index (κ2) is 4.13. The summed E-state index contributed by atoms with van der Waals surface area (Å²) in [5.74, 6) is 1.43. The van der Waals surface area contributed by atoms with Gasteiger partial charge < -0.3 is 5.73 Å². The van der Waals surface area contributed by atoms with Crippen LogP contribution in [0.1, 0.15) is 11.5 Å². The summed E-state index contributed by atoms with van der Waals surface area (Å²) >= 11 is 2.15. The van der Waals surface area contributed by atoms with Gasteiger partial charge in [-0.05, 0) is 35.6 Å². The highest BCUT2D eigenvalue weighted by Gasteiger charge is 2.05. The van der Waals surface area contributed by atoms with E-state index in [0.717, 1.165) is 15.1 Å². The molecular weight excluding hydrogens is 305 g/mol. The van der Waals surface area contributed by atoms with Gasteiger partial charge in [-0.15, -0.1) is 0 Å². The maximum Gasteiger partial charge on any atom is 0.135 e. The predicted octanol–water partition coefficient (Wildman–Crippen LogP) is 1.22. The highest BCUT2D eigenvalue weighted by Crippen LogP contribution is 2.14. The zero-order valence-corrected chi connectivity index (χ0v) is 10.3. The first-order chi connectivity index (χ1) is 7.16. The van der Waals surface area contributed by atoms with Crippen LogP contribution in [0.25, 0.3) is 0 Å². The van der Waals surface area contributed by atoms with Crippen LogP contribution in [0.4, 0.5) is 5.82 Å². The highest BCUT2D eigenvalue weighted by molar-refractivity contribution is 14.1. The molecule has 0 bridgehead atoms. The van der Waals surface area contributed by atoms with E-state index in [2.05, 4.69) is 37.7 Å². The zero-order chi connectivity index (χ0) is 10.8. The van der Waals surface area contributed by atoms with Gasteiger partial charge in [-0.3, -0.25) is 0 Å². The molecule has 78 valence electrons. The number of nitrogens with two attached hydrogens (primary N) is 1. The fourth-order valence-corrected chi connectivity index (χ4v) is 1.65. The minimum absolute atomic E-state index is 0.582. The first kappa shape index (κ1) is 10.3. The molecule has 2 aromatic heterocycles. The molecule has 0 aliphatic rings. The van der Waals surface area contributed by atoms with E-state index >= 15 is 0 Å². The summed E-state index contributed by atoms with van der Waals surface area (Å²) in [4.78, 5) is 8.32. The van der Waals surface area contributed by atoms with Crippen LogP contribution in [0.3, 0.4) is 0 Å². The molecule has 0 saturated carbocycles. The number of nitrogens with zero attached hydrogens (tertiary/aromatic N) is 4. The first-order valence-electron chi connectivity index (χ1n) is 4.42. The number of hydrogen-bond acceptors (Lipinski definition) is 4. The number of aromatic nitrogens is 4. The van der Waals surface area contributed by atoms with Crippen molar-refractivity contribution in [1.29, 1.82) is 0 Å². The lowest BCUT2D eigenvalue weighted by Crippen LogP contribution is -2.08. The molecule has 0 aliphatic carbocycles. The summed E-state index contributed by atoms with van der Waals surface area (Å²) in [5.41, 5.74) is 6.75. The van der Waals surface area contributed by atoms with E-state index in [1.165, 1.54) is 0 Å². The van der Waals surface area contributed by atoms with E-state index in [4.69, 9.17) is 5.73 Å². The summed E-state index contributed by atoms with van der Waals surface area (Å²) in [6, 6.07) is 1.86.